The number of nitrogens with zero attached hydrogens (tertiary/aromatic N) is 2. The molecule has 0 unspecified atom stereocenters. The average molecular weight is 622 g/mol. The first-order valence-electron chi connectivity index (χ1n) is 15.8. The van der Waals surface area contributed by atoms with Gasteiger partial charge in [-0.15, -0.1) is 18.1 Å². The third-order valence-electron chi connectivity index (χ3n) is 7.46. The van der Waals surface area contributed by atoms with Crippen molar-refractivity contribution in [2.24, 2.45) is 0 Å². The van der Waals surface area contributed by atoms with E-state index < -0.39 is 16.5 Å². The lowest BCUT2D eigenvalue weighted by Gasteiger charge is -2.21. The fourth-order valence-corrected chi connectivity index (χ4v) is 6.06. The van der Waals surface area contributed by atoms with E-state index in [1.165, 1.54) is 77.0 Å². The van der Waals surface area contributed by atoms with E-state index in [0.29, 0.717) is 39.1 Å². The molecule has 0 radical (unpaired) electrons. The smallest absolute Gasteiger partial charge is 0.338 e. The maximum Gasteiger partial charge on any atom is 0.697 e. The minimum Gasteiger partial charge on any atom is -0.338 e. The van der Waals surface area contributed by atoms with Crippen LogP contribution in [0.2, 0.25) is 0 Å². The second-order valence-electron chi connectivity index (χ2n) is 10.8. The van der Waals surface area contributed by atoms with Crippen LogP contribution in [0.25, 0.3) is 0 Å². The fraction of sp³-hybridized carbons (Fsp3) is 0.929. The topological polar surface area (TPSA) is 124 Å². The summed E-state index contributed by atoms with van der Waals surface area (Å²) in [7, 11) is -4.05. The Kier molecular flexibility index (Phi) is 21.5. The van der Waals surface area contributed by atoms with E-state index in [1.54, 1.807) is 9.80 Å². The number of carbonyl (C=O) groups is 2. The fourth-order valence-electron chi connectivity index (χ4n) is 4.99. The van der Waals surface area contributed by atoms with Gasteiger partial charge in [0.25, 0.3) is 0 Å². The molecule has 2 amide bonds. The highest BCUT2D eigenvalue weighted by Gasteiger charge is 2.27. The van der Waals surface area contributed by atoms with Crippen molar-refractivity contribution < 1.29 is 36.8 Å². The van der Waals surface area contributed by atoms with Gasteiger partial charge in [0, 0.05) is 41.7 Å². The number of amides is 2. The van der Waals surface area contributed by atoms with Gasteiger partial charge in [-0.2, -0.15) is 0 Å². The summed E-state index contributed by atoms with van der Waals surface area (Å²) in [6, 6.07) is 0. The third kappa shape index (κ3) is 19.0. The lowest BCUT2D eigenvalue weighted by atomic mass is 10.0. The number of hydrogen-bond acceptors (Lipinski definition) is 9. The average Bonchev–Trinajstić information content (AvgIpc) is 2.93. The van der Waals surface area contributed by atoms with E-state index in [4.69, 9.17) is 18.1 Å². The lowest BCUT2D eigenvalue weighted by molar-refractivity contribution is -0.132. The Morgan fingerprint density at radius 1 is 0.512 bits per heavy atom. The molecule has 2 saturated heterocycles. The molecule has 2 heterocycles. The number of rotatable bonds is 20. The van der Waals surface area contributed by atoms with Gasteiger partial charge in [-0.3, -0.25) is 9.59 Å². The van der Waals surface area contributed by atoms with Crippen LogP contribution in [-0.2, 0) is 36.8 Å². The van der Waals surface area contributed by atoms with Crippen molar-refractivity contribution in [3.05, 3.63) is 0 Å². The molecule has 1 N–H and O–H groups in total. The highest BCUT2D eigenvalue weighted by atomic mass is 31.1. The molecule has 0 aromatic heterocycles. The molecule has 11 nitrogen and oxygen atoms in total. The Hall–Kier alpha value is -1.06. The zero-order valence-corrected chi connectivity index (χ0v) is 26.7. The Balaban J connectivity index is 1.26. The van der Waals surface area contributed by atoms with E-state index in [-0.39, 0.29) is 38.2 Å². The predicted octanol–water partition coefficient (Wildman–Crippen LogP) is 5.88. The van der Waals surface area contributed by atoms with Gasteiger partial charge in [0.2, 0.25) is 11.8 Å². The zero-order chi connectivity index (χ0) is 29.4. The van der Waals surface area contributed by atoms with Crippen molar-refractivity contribution >= 4 is 28.3 Å². The molecule has 0 bridgehead atoms. The first-order valence-corrected chi connectivity index (χ1v) is 18.0. The molecule has 236 valence electrons. The molecular weight excluding hydrogens is 568 g/mol. The number of unbranched alkanes of at least 4 members (excludes halogenated alkanes) is 14. The molecular formula is C28H53N3O8P2+2. The Morgan fingerprint density at radius 3 is 1.27 bits per heavy atom. The maximum atomic E-state index is 12.3. The molecule has 2 aliphatic rings. The van der Waals surface area contributed by atoms with Gasteiger partial charge < -0.3 is 15.1 Å². The van der Waals surface area contributed by atoms with E-state index in [1.807, 2.05) is 0 Å². The predicted molar refractivity (Wildman–Crippen MR) is 159 cm³/mol. The summed E-state index contributed by atoms with van der Waals surface area (Å²) in [5.41, 5.74) is 0. The third-order valence-corrected chi connectivity index (χ3v) is 9.03. The molecule has 0 aromatic rings. The summed E-state index contributed by atoms with van der Waals surface area (Å²) >= 11 is 0. The number of carbonyl (C=O) groups excluding carboxylic acids is 2. The molecule has 0 atom stereocenters. The minimum absolute atomic E-state index is 0.0343. The number of nitrogens with one attached hydrogen (secondary N) is 1. The quantitative estimate of drug-likeness (QED) is 0.131. The van der Waals surface area contributed by atoms with Crippen molar-refractivity contribution in [2.45, 2.75) is 103 Å². The van der Waals surface area contributed by atoms with Gasteiger partial charge in [-0.25, -0.2) is 0 Å². The van der Waals surface area contributed by atoms with Crippen LogP contribution in [0.5, 0.6) is 0 Å². The van der Waals surface area contributed by atoms with Crippen LogP contribution >= 0.6 is 16.5 Å². The minimum atomic E-state index is -2.03. The van der Waals surface area contributed by atoms with Crippen LogP contribution in [0.15, 0.2) is 0 Å². The summed E-state index contributed by atoms with van der Waals surface area (Å²) in [6.07, 6.45) is 19.1. The van der Waals surface area contributed by atoms with E-state index >= 15 is 0 Å². The summed E-state index contributed by atoms with van der Waals surface area (Å²) in [6.45, 7) is 4.10. The van der Waals surface area contributed by atoms with Gasteiger partial charge in [-0.1, -0.05) is 83.5 Å². The molecule has 13 heteroatoms. The van der Waals surface area contributed by atoms with Crippen molar-refractivity contribution in [1.82, 2.24) is 15.1 Å². The molecule has 2 aliphatic heterocycles. The Labute approximate surface area is 248 Å². The van der Waals surface area contributed by atoms with Crippen LogP contribution in [0.3, 0.4) is 0 Å². The maximum absolute atomic E-state index is 12.3. The van der Waals surface area contributed by atoms with Crippen LogP contribution in [0.1, 0.15) is 103 Å². The van der Waals surface area contributed by atoms with Gasteiger partial charge >= 0.3 is 16.5 Å². The lowest BCUT2D eigenvalue weighted by Crippen LogP contribution is -2.42. The monoisotopic (exact) mass is 621 g/mol. The first-order chi connectivity index (χ1) is 20.1. The summed E-state index contributed by atoms with van der Waals surface area (Å²) < 4.78 is 42.4. The summed E-state index contributed by atoms with van der Waals surface area (Å²) in [5.74, 6) is 0.177. The Morgan fingerprint density at radius 2 is 0.854 bits per heavy atom. The van der Waals surface area contributed by atoms with Gasteiger partial charge in [0.15, 0.2) is 0 Å². The van der Waals surface area contributed by atoms with Gasteiger partial charge in [0.1, 0.15) is 26.4 Å². The highest BCUT2D eigenvalue weighted by molar-refractivity contribution is 7.33. The molecule has 2 fully saturated rings. The summed E-state index contributed by atoms with van der Waals surface area (Å²) in [5, 5.41) is 3.24. The Bertz CT molecular complexity index is 678. The van der Waals surface area contributed by atoms with Crippen LogP contribution in [-0.4, -0.2) is 87.3 Å². The van der Waals surface area contributed by atoms with Crippen LogP contribution in [0, 0.1) is 0 Å². The second kappa shape index (κ2) is 24.4. The van der Waals surface area contributed by atoms with Gasteiger partial charge in [-0.05, 0) is 19.4 Å². The normalized spacial score (nSPS) is 17.2. The molecule has 0 aromatic carbocycles. The van der Waals surface area contributed by atoms with Crippen molar-refractivity contribution in [3.8, 4) is 0 Å². The standard InChI is InChI=1S/C28H53N3O8P2/c32-27(30-18-22-36-40(34)37-23-19-30)16-14-12-10-8-6-4-2-1-3-5-7-9-11-13-15-17-29-26-28(33)31-20-24-38-41(35)39-25-21-31/h29H,1-26H2/q+2. The zero-order valence-electron chi connectivity index (χ0n) is 24.9. The van der Waals surface area contributed by atoms with Crippen molar-refractivity contribution in [2.75, 3.05) is 65.7 Å². The van der Waals surface area contributed by atoms with E-state index in [9.17, 15) is 18.7 Å². The molecule has 2 rings (SSSR count). The highest BCUT2D eigenvalue weighted by Crippen LogP contribution is 2.25. The van der Waals surface area contributed by atoms with E-state index in [2.05, 4.69) is 5.32 Å². The second-order valence-corrected chi connectivity index (χ2v) is 12.7. The summed E-state index contributed by atoms with van der Waals surface area (Å²) in [4.78, 5) is 28.0. The molecule has 41 heavy (non-hydrogen) atoms. The van der Waals surface area contributed by atoms with Crippen LogP contribution in [0.4, 0.5) is 0 Å². The van der Waals surface area contributed by atoms with Crippen molar-refractivity contribution in [1.29, 1.82) is 0 Å². The molecule has 0 aliphatic carbocycles. The molecule has 0 spiro atoms. The van der Waals surface area contributed by atoms with E-state index in [0.717, 1.165) is 25.8 Å². The molecule has 0 saturated carbocycles. The van der Waals surface area contributed by atoms with Crippen LogP contribution < -0.4 is 5.32 Å². The largest absolute Gasteiger partial charge is 0.697 e. The SMILES string of the molecule is O=C(CCCCCCCCCCCCCCCCCNCC(=O)N1CCO[P+](=O)OCC1)N1CCO[P+](=O)OCC1. The van der Waals surface area contributed by atoms with Crippen molar-refractivity contribution in [3.63, 3.8) is 0 Å². The number of hydrogen-bond donors (Lipinski definition) is 1. The first kappa shape index (κ1) is 36.1. The van der Waals surface area contributed by atoms with Gasteiger partial charge in [0.05, 0.1) is 6.54 Å².